The zero-order valence-corrected chi connectivity index (χ0v) is 6.72. The molecule has 0 heterocycles. The number of hydrogen-bond acceptors (Lipinski definition) is 2. The van der Waals surface area contributed by atoms with E-state index in [-0.39, 0.29) is 11.3 Å². The van der Waals surface area contributed by atoms with Crippen LogP contribution >= 0.6 is 0 Å². The van der Waals surface area contributed by atoms with E-state index >= 15 is 0 Å². The van der Waals surface area contributed by atoms with Gasteiger partial charge in [0.05, 0.1) is 12.8 Å². The summed E-state index contributed by atoms with van der Waals surface area (Å²) in [5, 5.41) is 17.5. The molecule has 0 atom stereocenters. The van der Waals surface area contributed by atoms with Crippen LogP contribution in [-0.2, 0) is 4.79 Å². The summed E-state index contributed by atoms with van der Waals surface area (Å²) in [6.45, 7) is 1.76. The topological polar surface area (TPSA) is 77.8 Å². The maximum Gasteiger partial charge on any atom is 0.342 e. The Morgan fingerprint density at radius 2 is 2.27 bits per heavy atom. The molecule has 11 heavy (non-hydrogen) atoms. The van der Waals surface area contributed by atoms with Gasteiger partial charge in [-0.05, 0) is 6.42 Å². The van der Waals surface area contributed by atoms with Gasteiger partial charge in [-0.1, -0.05) is 6.92 Å². The molecule has 0 bridgehead atoms. The van der Waals surface area contributed by atoms with Crippen molar-refractivity contribution in [1.29, 1.82) is 5.41 Å². The molecule has 0 fully saturated rings. The van der Waals surface area contributed by atoms with Crippen LogP contribution in [0.2, 0.25) is 0 Å². The fourth-order valence-corrected chi connectivity index (χ4v) is 0.658. The maximum absolute atomic E-state index is 10.5. The van der Waals surface area contributed by atoms with Crippen LogP contribution in [0, 0.1) is 5.41 Å². The number of rotatable bonds is 4. The minimum absolute atomic E-state index is 0.0787. The molecule has 62 valence electrons. The molecule has 0 amide bonds. The number of carboxylic acids is 1. The number of nitrogens with one attached hydrogen (secondary N) is 1. The molecular weight excluding hydrogens is 144 g/mol. The quantitative estimate of drug-likeness (QED) is 0.383. The molecule has 0 spiro atoms. The lowest BCUT2D eigenvalue weighted by Crippen LogP contribution is -2.73. The summed E-state index contributed by atoms with van der Waals surface area (Å²) in [4.78, 5) is 10.5. The van der Waals surface area contributed by atoms with Crippen LogP contribution in [0.25, 0.3) is 0 Å². The summed E-state index contributed by atoms with van der Waals surface area (Å²) in [6.07, 6.45) is 1.89. The molecule has 0 unspecified atom stereocenters. The first kappa shape index (κ1) is 9.84. The molecule has 0 saturated carbocycles. The van der Waals surface area contributed by atoms with Crippen LogP contribution in [0.3, 0.4) is 0 Å². The number of carbonyl (C=O) groups is 1. The number of hydrogen-bond donors (Lipinski definition) is 3. The Morgan fingerprint density at radius 3 is 2.55 bits per heavy atom. The second-order valence-corrected chi connectivity index (χ2v) is 2.05. The lowest BCUT2D eigenvalue weighted by atomic mass is 10.1. The second kappa shape index (κ2) is 4.62. The van der Waals surface area contributed by atoms with Gasteiger partial charge < -0.3 is 15.8 Å². The molecule has 0 aliphatic heterocycles. The number of aliphatic carboxylic acids is 1. The highest BCUT2D eigenvalue weighted by Crippen LogP contribution is 1.97. The third-order valence-electron chi connectivity index (χ3n) is 1.24. The minimum atomic E-state index is -1.03. The summed E-state index contributed by atoms with van der Waals surface area (Å²) in [6, 6.07) is 0. The lowest BCUT2D eigenvalue weighted by molar-refractivity contribution is -0.556. The smallest absolute Gasteiger partial charge is 0.342 e. The van der Waals surface area contributed by atoms with Gasteiger partial charge >= 0.3 is 5.97 Å². The largest absolute Gasteiger partial charge is 0.477 e. The van der Waals surface area contributed by atoms with E-state index in [9.17, 15) is 4.79 Å². The maximum atomic E-state index is 10.5. The Bertz CT molecular complexity index is 197. The number of nitrogens with two attached hydrogens (primary N) is 1. The molecule has 0 aromatic rings. The highest BCUT2D eigenvalue weighted by Gasteiger charge is 2.12. The van der Waals surface area contributed by atoms with Crippen LogP contribution < -0.4 is 5.32 Å². The van der Waals surface area contributed by atoms with Gasteiger partial charge in [-0.15, -0.1) is 0 Å². The third-order valence-corrected chi connectivity index (χ3v) is 1.24. The van der Waals surface area contributed by atoms with Gasteiger partial charge in [-0.3, -0.25) is 0 Å². The molecule has 0 aromatic heterocycles. The van der Waals surface area contributed by atoms with Gasteiger partial charge in [0, 0.05) is 0 Å². The van der Waals surface area contributed by atoms with E-state index in [4.69, 9.17) is 10.5 Å². The molecule has 0 rings (SSSR count). The van der Waals surface area contributed by atoms with Gasteiger partial charge in [0.1, 0.15) is 11.8 Å². The Hall–Kier alpha value is -1.16. The van der Waals surface area contributed by atoms with Crippen molar-refractivity contribution < 1.29 is 15.2 Å². The molecule has 4 N–H and O–H groups in total. The minimum Gasteiger partial charge on any atom is -0.477 e. The Kier molecular flexibility index (Phi) is 4.14. The Labute approximate surface area is 65.4 Å². The van der Waals surface area contributed by atoms with Crippen molar-refractivity contribution in [2.45, 2.75) is 13.3 Å². The van der Waals surface area contributed by atoms with Crippen LogP contribution in [-0.4, -0.2) is 23.8 Å². The van der Waals surface area contributed by atoms with Crippen molar-refractivity contribution in [3.8, 4) is 0 Å². The molecule has 0 aliphatic carbocycles. The van der Waals surface area contributed by atoms with E-state index in [1.165, 1.54) is 6.20 Å². The van der Waals surface area contributed by atoms with Gasteiger partial charge in [0.2, 0.25) is 0 Å². The fraction of sp³-hybridized carbons (Fsp3) is 0.429. The molecular formula is C7H13N2O2+. The van der Waals surface area contributed by atoms with E-state index < -0.39 is 5.97 Å². The average Bonchev–Trinajstić information content (AvgIpc) is 1.98. The summed E-state index contributed by atoms with van der Waals surface area (Å²) in [5.74, 6) is -1.03. The van der Waals surface area contributed by atoms with E-state index in [1.807, 2.05) is 0 Å². The number of quaternary nitrogens is 1. The predicted octanol–water partition coefficient (Wildman–Crippen LogP) is -0.422. The molecule has 0 aromatic carbocycles. The summed E-state index contributed by atoms with van der Waals surface area (Å²) in [5.41, 5.74) is 0.241. The molecule has 4 nitrogen and oxygen atoms in total. The first-order valence-electron chi connectivity index (χ1n) is 3.44. The van der Waals surface area contributed by atoms with Crippen LogP contribution in [0.1, 0.15) is 13.3 Å². The van der Waals surface area contributed by atoms with E-state index in [0.29, 0.717) is 6.42 Å². The van der Waals surface area contributed by atoms with E-state index in [2.05, 4.69) is 0 Å². The SMILES string of the molecule is CCC(=N)/C(=C\[NH2+]C)C(=O)O. The van der Waals surface area contributed by atoms with Crippen molar-refractivity contribution >= 4 is 11.7 Å². The molecule has 0 aliphatic rings. The van der Waals surface area contributed by atoms with Crippen LogP contribution in [0.4, 0.5) is 0 Å². The van der Waals surface area contributed by atoms with Crippen LogP contribution in [0.15, 0.2) is 11.8 Å². The summed E-state index contributed by atoms with van der Waals surface area (Å²) >= 11 is 0. The van der Waals surface area contributed by atoms with Gasteiger partial charge in [-0.25, -0.2) is 4.79 Å². The first-order valence-corrected chi connectivity index (χ1v) is 3.44. The van der Waals surface area contributed by atoms with Crippen molar-refractivity contribution in [2.75, 3.05) is 7.05 Å². The monoisotopic (exact) mass is 157 g/mol. The zero-order chi connectivity index (χ0) is 8.85. The Morgan fingerprint density at radius 1 is 1.73 bits per heavy atom. The highest BCUT2D eigenvalue weighted by molar-refractivity contribution is 6.17. The van der Waals surface area contributed by atoms with Crippen molar-refractivity contribution in [1.82, 2.24) is 0 Å². The molecule has 4 heteroatoms. The summed E-state index contributed by atoms with van der Waals surface area (Å²) in [7, 11) is 1.73. The predicted molar refractivity (Wildman–Crippen MR) is 41.6 cm³/mol. The molecule has 0 saturated heterocycles. The van der Waals surface area contributed by atoms with Crippen LogP contribution in [0.5, 0.6) is 0 Å². The van der Waals surface area contributed by atoms with Crippen molar-refractivity contribution in [2.24, 2.45) is 0 Å². The third kappa shape index (κ3) is 2.95. The fourth-order valence-electron chi connectivity index (χ4n) is 0.658. The van der Waals surface area contributed by atoms with Gasteiger partial charge in [0.25, 0.3) is 0 Å². The first-order chi connectivity index (χ1) is 5.13. The molecule has 0 radical (unpaired) electrons. The van der Waals surface area contributed by atoms with Crippen molar-refractivity contribution in [3.63, 3.8) is 0 Å². The Balaban J connectivity index is 4.48. The lowest BCUT2D eigenvalue weighted by Gasteiger charge is -1.97. The summed E-state index contributed by atoms with van der Waals surface area (Å²) < 4.78 is 0. The van der Waals surface area contributed by atoms with Crippen molar-refractivity contribution in [3.05, 3.63) is 11.8 Å². The number of carboxylic acid groups (broad SMARTS) is 1. The van der Waals surface area contributed by atoms with Gasteiger partial charge in [0.15, 0.2) is 0 Å². The second-order valence-electron chi connectivity index (χ2n) is 2.05. The normalized spacial score (nSPS) is 11.3. The standard InChI is InChI=1S/C7H12N2O2/c1-3-6(8)5(4-9-2)7(10)11/h4,8-9H,3H2,1-2H3,(H,10,11)/p+1/b5-4+,8-6?. The average molecular weight is 157 g/mol. The van der Waals surface area contributed by atoms with Gasteiger partial charge in [-0.2, -0.15) is 0 Å². The highest BCUT2D eigenvalue weighted by atomic mass is 16.4. The van der Waals surface area contributed by atoms with E-state index in [0.717, 1.165) is 0 Å². The zero-order valence-electron chi connectivity index (χ0n) is 6.72. The van der Waals surface area contributed by atoms with E-state index in [1.54, 1.807) is 19.3 Å².